The minimum absolute atomic E-state index is 0.0477. The maximum atomic E-state index is 13.7. The first-order valence-electron chi connectivity index (χ1n) is 11.4. The van der Waals surface area contributed by atoms with E-state index in [4.69, 9.17) is 4.74 Å². The van der Waals surface area contributed by atoms with Gasteiger partial charge in [-0.15, -0.1) is 10.2 Å². The van der Waals surface area contributed by atoms with Gasteiger partial charge >= 0.3 is 6.18 Å². The summed E-state index contributed by atoms with van der Waals surface area (Å²) >= 11 is 0. The van der Waals surface area contributed by atoms with Crippen LogP contribution in [0.25, 0.3) is 11.4 Å². The molecular weight excluding hydrogens is 403 g/mol. The van der Waals surface area contributed by atoms with Crippen LogP contribution in [0.1, 0.15) is 82.5 Å². The van der Waals surface area contributed by atoms with Gasteiger partial charge in [-0.1, -0.05) is 26.2 Å². The molecule has 5 rings (SSSR count). The second-order valence-electron chi connectivity index (χ2n) is 9.55. The highest BCUT2D eigenvalue weighted by Gasteiger charge is 2.51. The molecule has 0 aliphatic heterocycles. The van der Waals surface area contributed by atoms with Crippen molar-refractivity contribution in [3.05, 3.63) is 29.6 Å². The lowest BCUT2D eigenvalue weighted by Gasteiger charge is -2.53. The molecule has 1 aromatic carbocycles. The maximum Gasteiger partial charge on any atom is 0.417 e. The normalized spacial score (nSPS) is 25.7. The fourth-order valence-electron chi connectivity index (χ4n) is 5.83. The van der Waals surface area contributed by atoms with Crippen LogP contribution in [0.15, 0.2) is 18.2 Å². The number of unbranched alkanes of at least 4 members (excludes halogenated alkanes) is 2. The molecule has 2 bridgehead atoms. The number of hydrogen-bond acceptors (Lipinski definition) is 3. The third kappa shape index (κ3) is 3.96. The van der Waals surface area contributed by atoms with E-state index in [9.17, 15) is 13.2 Å². The van der Waals surface area contributed by atoms with Crippen LogP contribution in [0.5, 0.6) is 5.75 Å². The topological polar surface area (TPSA) is 39.9 Å². The summed E-state index contributed by atoms with van der Waals surface area (Å²) in [5, 5.41) is 8.71. The van der Waals surface area contributed by atoms with E-state index >= 15 is 0 Å². The van der Waals surface area contributed by atoms with E-state index in [0.717, 1.165) is 31.2 Å². The predicted octanol–water partition coefficient (Wildman–Crippen LogP) is 6.68. The smallest absolute Gasteiger partial charge is 0.417 e. The molecule has 0 atom stereocenters. The number of halogens is 3. The van der Waals surface area contributed by atoms with Gasteiger partial charge in [-0.05, 0) is 68.6 Å². The first-order valence-corrected chi connectivity index (χ1v) is 11.4. The summed E-state index contributed by atoms with van der Waals surface area (Å²) in [4.78, 5) is 0. The number of aromatic nitrogens is 3. The molecule has 0 spiro atoms. The highest BCUT2D eigenvalue weighted by atomic mass is 19.4. The molecule has 3 fully saturated rings. The van der Waals surface area contributed by atoms with Gasteiger partial charge in [0.25, 0.3) is 0 Å². The quantitative estimate of drug-likeness (QED) is 0.455. The minimum atomic E-state index is -4.50. The zero-order valence-electron chi connectivity index (χ0n) is 18.7. The van der Waals surface area contributed by atoms with E-state index in [0.29, 0.717) is 5.41 Å². The molecule has 2 aromatic rings. The summed E-state index contributed by atoms with van der Waals surface area (Å²) in [6, 6.07) is 4.02. The average Bonchev–Trinajstić information content (AvgIpc) is 3.16. The van der Waals surface area contributed by atoms with Crippen LogP contribution in [0.4, 0.5) is 13.2 Å². The van der Waals surface area contributed by atoms with Gasteiger partial charge in [-0.2, -0.15) is 13.2 Å². The van der Waals surface area contributed by atoms with E-state index < -0.39 is 11.7 Å². The molecule has 170 valence electrons. The first kappa shape index (κ1) is 22.2. The van der Waals surface area contributed by atoms with E-state index in [1.54, 1.807) is 10.6 Å². The highest BCUT2D eigenvalue weighted by Crippen LogP contribution is 2.59. The van der Waals surface area contributed by atoms with E-state index in [2.05, 4.69) is 17.1 Å². The summed E-state index contributed by atoms with van der Waals surface area (Å²) in [5.41, 5.74) is -0.282. The lowest BCUT2D eigenvalue weighted by atomic mass is 9.52. The molecule has 0 N–H and O–H groups in total. The Morgan fingerprint density at radius 1 is 1.03 bits per heavy atom. The number of rotatable bonds is 7. The molecule has 3 saturated carbocycles. The van der Waals surface area contributed by atoms with Crippen LogP contribution in [0.2, 0.25) is 0 Å². The van der Waals surface area contributed by atoms with Crippen LogP contribution >= 0.6 is 0 Å². The fraction of sp³-hybridized carbons (Fsp3) is 0.667. The molecule has 0 radical (unpaired) electrons. The molecular formula is C24H32F3N3O. The van der Waals surface area contributed by atoms with E-state index in [1.807, 2.05) is 7.05 Å². The molecule has 0 amide bonds. The molecule has 31 heavy (non-hydrogen) atoms. The molecule has 3 aliphatic rings. The molecule has 1 heterocycles. The number of ether oxygens (including phenoxy) is 1. The van der Waals surface area contributed by atoms with Crippen molar-refractivity contribution in [1.82, 2.24) is 14.8 Å². The number of nitrogens with zero attached hydrogens (tertiary/aromatic N) is 3. The van der Waals surface area contributed by atoms with Gasteiger partial charge < -0.3 is 9.30 Å². The number of methoxy groups -OCH3 is 1. The van der Waals surface area contributed by atoms with Crippen molar-refractivity contribution in [2.75, 3.05) is 7.11 Å². The van der Waals surface area contributed by atoms with Gasteiger partial charge in [-0.3, -0.25) is 0 Å². The van der Waals surface area contributed by atoms with Crippen LogP contribution in [0, 0.1) is 5.41 Å². The summed E-state index contributed by atoms with van der Waals surface area (Å²) < 4.78 is 48.1. The van der Waals surface area contributed by atoms with Gasteiger partial charge in [0.2, 0.25) is 0 Å². The zero-order chi connectivity index (χ0) is 22.3. The highest BCUT2D eigenvalue weighted by molar-refractivity contribution is 5.63. The predicted molar refractivity (Wildman–Crippen MR) is 114 cm³/mol. The van der Waals surface area contributed by atoms with Gasteiger partial charge in [0.1, 0.15) is 11.6 Å². The molecule has 0 unspecified atom stereocenters. The second-order valence-corrected chi connectivity index (χ2v) is 9.55. The summed E-state index contributed by atoms with van der Waals surface area (Å²) in [6.07, 6.45) is 7.38. The van der Waals surface area contributed by atoms with Crippen LogP contribution in [-0.2, 0) is 18.6 Å². The fourth-order valence-corrected chi connectivity index (χ4v) is 5.83. The Labute approximate surface area is 182 Å². The van der Waals surface area contributed by atoms with Crippen molar-refractivity contribution in [3.8, 4) is 17.1 Å². The zero-order valence-corrected chi connectivity index (χ0v) is 18.7. The van der Waals surface area contributed by atoms with Gasteiger partial charge in [0, 0.05) is 18.0 Å². The standard InChI is InChI=1S/C24H32F3N3O/c1-4-5-6-9-22-10-13-23(14-11-22,15-12-22)21-29-28-20(30(21)2)18-8-7-17(31-3)16-19(18)24(25,26)27/h7-8,16H,4-6,9-15H2,1-3H3. The summed E-state index contributed by atoms with van der Waals surface area (Å²) in [6.45, 7) is 2.24. The Hall–Kier alpha value is -2.05. The Kier molecular flexibility index (Phi) is 5.81. The van der Waals surface area contributed by atoms with Crippen molar-refractivity contribution in [2.24, 2.45) is 12.5 Å². The second kappa shape index (κ2) is 8.14. The monoisotopic (exact) mass is 435 g/mol. The van der Waals surface area contributed by atoms with Gasteiger partial charge in [0.15, 0.2) is 5.82 Å². The molecule has 7 heteroatoms. The Morgan fingerprint density at radius 2 is 1.71 bits per heavy atom. The largest absolute Gasteiger partial charge is 0.497 e. The van der Waals surface area contributed by atoms with Crippen molar-refractivity contribution in [1.29, 1.82) is 0 Å². The molecule has 0 saturated heterocycles. The Balaban J connectivity index is 1.63. The maximum absolute atomic E-state index is 13.7. The van der Waals surface area contributed by atoms with Crippen LogP contribution in [-0.4, -0.2) is 21.9 Å². The third-order valence-electron chi connectivity index (χ3n) is 7.83. The lowest BCUT2D eigenvalue weighted by Crippen LogP contribution is -2.45. The SMILES string of the molecule is CCCCCC12CCC(c3nnc(-c4ccc(OC)cc4C(F)(F)F)n3C)(CC1)CC2. The minimum Gasteiger partial charge on any atom is -0.497 e. The van der Waals surface area contributed by atoms with Crippen molar-refractivity contribution in [2.45, 2.75) is 82.7 Å². The Morgan fingerprint density at radius 3 is 2.29 bits per heavy atom. The summed E-state index contributed by atoms with van der Waals surface area (Å²) in [7, 11) is 3.17. The van der Waals surface area contributed by atoms with Crippen LogP contribution < -0.4 is 4.74 Å². The van der Waals surface area contributed by atoms with E-state index in [1.165, 1.54) is 58.1 Å². The summed E-state index contributed by atoms with van der Waals surface area (Å²) in [5.74, 6) is 1.29. The molecule has 1 aromatic heterocycles. The number of fused-ring (bicyclic) bond motifs is 3. The number of alkyl halides is 3. The first-order chi connectivity index (χ1) is 14.7. The van der Waals surface area contributed by atoms with E-state index in [-0.39, 0.29) is 22.6 Å². The number of hydrogen-bond donors (Lipinski definition) is 0. The number of benzene rings is 1. The van der Waals surface area contributed by atoms with Crippen molar-refractivity contribution >= 4 is 0 Å². The van der Waals surface area contributed by atoms with Crippen molar-refractivity contribution < 1.29 is 17.9 Å². The lowest BCUT2D eigenvalue weighted by molar-refractivity contribution is -0.137. The Bertz CT molecular complexity index is 910. The molecule has 3 aliphatic carbocycles. The third-order valence-corrected chi connectivity index (χ3v) is 7.83. The molecule has 4 nitrogen and oxygen atoms in total. The van der Waals surface area contributed by atoms with Crippen molar-refractivity contribution in [3.63, 3.8) is 0 Å². The van der Waals surface area contributed by atoms with Gasteiger partial charge in [0.05, 0.1) is 12.7 Å². The van der Waals surface area contributed by atoms with Gasteiger partial charge in [-0.25, -0.2) is 0 Å². The van der Waals surface area contributed by atoms with Crippen LogP contribution in [0.3, 0.4) is 0 Å². The average molecular weight is 436 g/mol.